The molecular weight excluding hydrogens is 412 g/mol. The third kappa shape index (κ3) is 4.57. The minimum Gasteiger partial charge on any atom is -0.369 e. The summed E-state index contributed by atoms with van der Waals surface area (Å²) in [7, 11) is 0. The number of carbonyl (C=O) groups is 2. The van der Waals surface area contributed by atoms with Crippen LogP contribution in [0.25, 0.3) is 11.3 Å². The molecule has 9 nitrogen and oxygen atoms in total. The van der Waals surface area contributed by atoms with E-state index in [1.54, 1.807) is 11.0 Å². The largest absolute Gasteiger partial charge is 0.369 e. The van der Waals surface area contributed by atoms with Gasteiger partial charge in [0.2, 0.25) is 11.0 Å². The number of carbonyl (C=O) groups excluding carboxylic acids is 2. The molecule has 29 heavy (non-hydrogen) atoms. The molecule has 11 heteroatoms. The molecule has 2 amide bonds. The van der Waals surface area contributed by atoms with Crippen LogP contribution in [-0.2, 0) is 4.79 Å². The van der Waals surface area contributed by atoms with Crippen LogP contribution in [0.4, 0.5) is 5.13 Å². The quantitative estimate of drug-likeness (QED) is 0.588. The number of anilines is 1. The number of nitrogens with zero attached hydrogens (tertiary/aromatic N) is 5. The lowest BCUT2D eigenvalue weighted by atomic mass is 10.1. The number of primary amides is 1. The number of nitrogens with two attached hydrogens (primary N) is 1. The fourth-order valence-corrected chi connectivity index (χ4v) is 4.53. The van der Waals surface area contributed by atoms with Gasteiger partial charge >= 0.3 is 0 Å². The first-order chi connectivity index (χ1) is 14.1. The highest BCUT2D eigenvalue weighted by atomic mass is 32.2. The molecule has 0 atom stereocenters. The van der Waals surface area contributed by atoms with Gasteiger partial charge in [-0.05, 0) is 0 Å². The Bertz CT molecular complexity index is 998. The zero-order valence-electron chi connectivity index (χ0n) is 15.4. The normalized spacial score (nSPS) is 14.2. The summed E-state index contributed by atoms with van der Waals surface area (Å²) in [4.78, 5) is 27.5. The van der Waals surface area contributed by atoms with E-state index in [-0.39, 0.29) is 17.6 Å². The topological polar surface area (TPSA) is 118 Å². The molecule has 0 unspecified atom stereocenters. The predicted molar refractivity (Wildman–Crippen MR) is 110 cm³/mol. The van der Waals surface area contributed by atoms with Gasteiger partial charge in [-0.2, -0.15) is 0 Å². The minimum atomic E-state index is -0.387. The summed E-state index contributed by atoms with van der Waals surface area (Å²) < 4.78 is 6.04. The molecule has 0 aliphatic carbocycles. The average molecular weight is 431 g/mol. The van der Waals surface area contributed by atoms with Crippen LogP contribution >= 0.6 is 23.1 Å². The molecule has 0 radical (unpaired) electrons. The summed E-state index contributed by atoms with van der Waals surface area (Å²) in [6, 6.07) is 11.2. The fourth-order valence-electron chi connectivity index (χ4n) is 2.90. The molecule has 0 spiro atoms. The van der Waals surface area contributed by atoms with Crippen LogP contribution in [0.3, 0.4) is 0 Å². The number of thioether (sulfide) groups is 1. The summed E-state index contributed by atoms with van der Waals surface area (Å²) in [6.45, 7) is 2.39. The third-order valence-corrected chi connectivity index (χ3v) is 6.50. The van der Waals surface area contributed by atoms with E-state index in [2.05, 4.69) is 20.3 Å². The first kappa shape index (κ1) is 19.4. The van der Waals surface area contributed by atoms with Crippen LogP contribution < -0.4 is 10.6 Å². The second-order valence-corrected chi connectivity index (χ2v) is 8.51. The van der Waals surface area contributed by atoms with Gasteiger partial charge in [0.1, 0.15) is 0 Å². The molecule has 1 saturated heterocycles. The van der Waals surface area contributed by atoms with Crippen LogP contribution in [0.2, 0.25) is 0 Å². The van der Waals surface area contributed by atoms with E-state index >= 15 is 0 Å². The SMILES string of the molecule is NC(=O)CSc1nnc(N2CCN(C(=O)c3cc(-c4ccccc4)on3)CC2)s1. The van der Waals surface area contributed by atoms with Crippen LogP contribution in [-0.4, -0.2) is 64.0 Å². The van der Waals surface area contributed by atoms with E-state index in [4.69, 9.17) is 10.3 Å². The van der Waals surface area contributed by atoms with Gasteiger partial charge in [-0.3, -0.25) is 9.59 Å². The van der Waals surface area contributed by atoms with E-state index in [0.29, 0.717) is 42.0 Å². The molecular formula is C18H18N6O3S2. The zero-order chi connectivity index (χ0) is 20.2. The van der Waals surface area contributed by atoms with Gasteiger partial charge < -0.3 is 20.1 Å². The highest BCUT2D eigenvalue weighted by Crippen LogP contribution is 2.28. The van der Waals surface area contributed by atoms with Crippen molar-refractivity contribution < 1.29 is 14.1 Å². The predicted octanol–water partition coefficient (Wildman–Crippen LogP) is 1.73. The lowest BCUT2D eigenvalue weighted by molar-refractivity contribution is -0.115. The number of benzene rings is 1. The van der Waals surface area contributed by atoms with Crippen molar-refractivity contribution in [2.75, 3.05) is 36.8 Å². The van der Waals surface area contributed by atoms with Gasteiger partial charge in [0.25, 0.3) is 5.91 Å². The molecule has 3 heterocycles. The second kappa shape index (κ2) is 8.62. The molecule has 0 saturated carbocycles. The van der Waals surface area contributed by atoms with E-state index in [1.165, 1.54) is 23.1 Å². The fraction of sp³-hybridized carbons (Fsp3) is 0.278. The standard InChI is InChI=1S/C18H18N6O3S2/c19-15(25)11-28-18-21-20-17(29-18)24-8-6-23(7-9-24)16(26)13-10-14(27-22-13)12-4-2-1-3-5-12/h1-5,10H,6-9,11H2,(H2,19,25). The van der Waals surface area contributed by atoms with Crippen molar-refractivity contribution in [2.24, 2.45) is 5.73 Å². The molecule has 1 aromatic carbocycles. The van der Waals surface area contributed by atoms with E-state index in [9.17, 15) is 9.59 Å². The van der Waals surface area contributed by atoms with Gasteiger partial charge in [0, 0.05) is 37.8 Å². The maximum atomic E-state index is 12.8. The van der Waals surface area contributed by atoms with E-state index in [0.717, 1.165) is 10.7 Å². The Labute approximate surface area is 174 Å². The van der Waals surface area contributed by atoms with Crippen molar-refractivity contribution in [3.05, 3.63) is 42.1 Å². The van der Waals surface area contributed by atoms with Gasteiger partial charge in [-0.25, -0.2) is 0 Å². The lowest BCUT2D eigenvalue weighted by Gasteiger charge is -2.33. The number of hydrogen-bond acceptors (Lipinski definition) is 9. The van der Waals surface area contributed by atoms with Gasteiger partial charge in [0.05, 0.1) is 5.75 Å². The van der Waals surface area contributed by atoms with Gasteiger partial charge in [-0.1, -0.05) is 58.6 Å². The molecule has 3 aromatic rings. The van der Waals surface area contributed by atoms with Crippen LogP contribution in [0, 0.1) is 0 Å². The molecule has 1 aliphatic rings. The van der Waals surface area contributed by atoms with Crippen molar-refractivity contribution in [3.8, 4) is 11.3 Å². The van der Waals surface area contributed by atoms with E-state index in [1.807, 2.05) is 30.3 Å². The number of hydrogen-bond donors (Lipinski definition) is 1. The molecule has 4 rings (SSSR count). The summed E-state index contributed by atoms with van der Waals surface area (Å²) in [5.41, 5.74) is 6.34. The lowest BCUT2D eigenvalue weighted by Crippen LogP contribution is -2.48. The Hall–Kier alpha value is -2.92. The Balaban J connectivity index is 1.34. The van der Waals surface area contributed by atoms with Gasteiger partial charge in [0.15, 0.2) is 15.8 Å². The second-order valence-electron chi connectivity index (χ2n) is 6.33. The Kier molecular flexibility index (Phi) is 5.76. The molecule has 1 fully saturated rings. The van der Waals surface area contributed by atoms with Crippen molar-refractivity contribution in [1.82, 2.24) is 20.3 Å². The maximum absolute atomic E-state index is 12.8. The van der Waals surface area contributed by atoms with Gasteiger partial charge in [-0.15, -0.1) is 10.2 Å². The molecule has 2 N–H and O–H groups in total. The number of rotatable bonds is 6. The minimum absolute atomic E-state index is 0.148. The van der Waals surface area contributed by atoms with Crippen molar-refractivity contribution in [2.45, 2.75) is 4.34 Å². The van der Waals surface area contributed by atoms with Crippen molar-refractivity contribution >= 4 is 40.0 Å². The molecule has 150 valence electrons. The number of amides is 2. The summed E-state index contributed by atoms with van der Waals surface area (Å²) in [6.07, 6.45) is 0. The first-order valence-corrected chi connectivity index (χ1v) is 10.7. The third-order valence-electron chi connectivity index (χ3n) is 4.36. The van der Waals surface area contributed by atoms with Crippen LogP contribution in [0.5, 0.6) is 0 Å². The first-order valence-electron chi connectivity index (χ1n) is 8.91. The number of piperazine rings is 1. The molecule has 2 aromatic heterocycles. The smallest absolute Gasteiger partial charge is 0.276 e. The molecule has 0 bridgehead atoms. The summed E-state index contributed by atoms with van der Waals surface area (Å²) in [5, 5.41) is 13.0. The van der Waals surface area contributed by atoms with Crippen LogP contribution in [0.1, 0.15) is 10.5 Å². The van der Waals surface area contributed by atoms with Crippen molar-refractivity contribution in [3.63, 3.8) is 0 Å². The zero-order valence-corrected chi connectivity index (χ0v) is 17.0. The Morgan fingerprint density at radius 3 is 2.62 bits per heavy atom. The van der Waals surface area contributed by atoms with Crippen LogP contribution in [0.15, 0.2) is 45.3 Å². The highest BCUT2D eigenvalue weighted by Gasteiger charge is 2.26. The molecule has 1 aliphatic heterocycles. The monoisotopic (exact) mass is 430 g/mol. The summed E-state index contributed by atoms with van der Waals surface area (Å²) >= 11 is 2.69. The van der Waals surface area contributed by atoms with Crippen molar-refractivity contribution in [1.29, 1.82) is 0 Å². The van der Waals surface area contributed by atoms with E-state index < -0.39 is 0 Å². The average Bonchev–Trinajstić information content (AvgIpc) is 3.43. The maximum Gasteiger partial charge on any atom is 0.276 e. The highest BCUT2D eigenvalue weighted by molar-refractivity contribution is 8.01. The summed E-state index contributed by atoms with van der Waals surface area (Å²) in [5.74, 6) is 0.217. The number of aromatic nitrogens is 3. The Morgan fingerprint density at radius 1 is 1.14 bits per heavy atom. The Morgan fingerprint density at radius 2 is 1.90 bits per heavy atom.